The Kier molecular flexibility index (Phi) is 30.4. The van der Waals surface area contributed by atoms with Crippen LogP contribution in [-0.4, -0.2) is 282 Å². The third-order valence-corrected chi connectivity index (χ3v) is 24.4. The Morgan fingerprint density at radius 3 is 1.15 bits per heavy atom. The van der Waals surface area contributed by atoms with E-state index in [1.54, 1.807) is 63.8 Å². The molecule has 12 rings (SSSR count). The van der Waals surface area contributed by atoms with Crippen LogP contribution in [0.15, 0.2) is 91.0 Å². The van der Waals surface area contributed by atoms with E-state index in [9.17, 15) is 69.1 Å². The first-order chi connectivity index (χ1) is 50.1. The van der Waals surface area contributed by atoms with E-state index < -0.39 is 148 Å². The molecule has 6 saturated heterocycles. The number of benzene rings is 3. The second kappa shape index (κ2) is 38.0. The Hall–Kier alpha value is -3.65. The van der Waals surface area contributed by atoms with Crippen molar-refractivity contribution < 1.29 is 97.5 Å². The third kappa shape index (κ3) is 19.8. The van der Waals surface area contributed by atoms with Gasteiger partial charge in [-0.3, -0.25) is 14.4 Å². The number of amides is 3. The predicted octanol–water partition coefficient (Wildman–Crippen LogP) is 2.78. The Labute approximate surface area is 638 Å². The molecular formula is C73H99Cl3F2N6O18S3. The molecule has 0 radical (unpaired) electrons. The van der Waals surface area contributed by atoms with Gasteiger partial charge in [-0.1, -0.05) is 72.3 Å². The van der Waals surface area contributed by atoms with Crippen molar-refractivity contribution in [2.45, 2.75) is 207 Å². The Morgan fingerprint density at radius 1 is 0.467 bits per heavy atom. The molecule has 9 aliphatic rings. The summed E-state index contributed by atoms with van der Waals surface area (Å²) in [6, 6.07) is 16.7. The number of halogens is 5. The maximum atomic E-state index is 13.4. The zero-order valence-electron chi connectivity index (χ0n) is 59.2. The molecule has 105 heavy (non-hydrogen) atoms. The van der Waals surface area contributed by atoms with E-state index in [0.717, 1.165) is 34.3 Å². The summed E-state index contributed by atoms with van der Waals surface area (Å²) in [7, 11) is 0. The highest BCUT2D eigenvalue weighted by molar-refractivity contribution is 7.99. The second-order valence-corrected chi connectivity index (χ2v) is 33.0. The van der Waals surface area contributed by atoms with E-state index in [-0.39, 0.29) is 59.3 Å². The van der Waals surface area contributed by atoms with Crippen molar-refractivity contribution >= 4 is 105 Å². The molecule has 0 saturated carbocycles. The lowest BCUT2D eigenvalue weighted by Gasteiger charge is -2.44. The number of aliphatic hydroxyl groups excluding tert-OH is 9. The lowest BCUT2D eigenvalue weighted by molar-refractivity contribution is -0.205. The van der Waals surface area contributed by atoms with Crippen LogP contribution in [0.5, 0.6) is 0 Å². The van der Waals surface area contributed by atoms with E-state index in [1.165, 1.54) is 70.7 Å². The average Bonchev–Trinajstić information content (AvgIpc) is 1.70. The largest absolute Gasteiger partial charge is 0.388 e. The van der Waals surface area contributed by atoms with Crippen LogP contribution in [0.25, 0.3) is 16.7 Å². The number of thioether (sulfide) groups is 3. The van der Waals surface area contributed by atoms with Crippen molar-refractivity contribution in [2.24, 2.45) is 17.8 Å². The molecule has 0 aliphatic carbocycles. The topological polar surface area (TPSA) is 361 Å². The van der Waals surface area contributed by atoms with Crippen LogP contribution in [0.1, 0.15) is 62.3 Å². The fraction of sp³-hybridized carbons (Fsp3) is 0.630. The first-order valence-corrected chi connectivity index (χ1v) is 40.6. The van der Waals surface area contributed by atoms with E-state index in [4.69, 9.17) is 63.2 Å². The van der Waals surface area contributed by atoms with E-state index in [2.05, 4.69) is 75.2 Å². The number of hydrogen-bond acceptors (Lipinski definition) is 24. The van der Waals surface area contributed by atoms with Gasteiger partial charge in [-0.05, 0) is 123 Å². The smallest absolute Gasteiger partial charge is 0.240 e. The summed E-state index contributed by atoms with van der Waals surface area (Å²) in [5.41, 5.74) is 5.21. The lowest BCUT2D eigenvalue weighted by Crippen LogP contribution is -2.65. The molecule has 24 nitrogen and oxygen atoms in total. The van der Waals surface area contributed by atoms with Crippen molar-refractivity contribution in [1.29, 1.82) is 0 Å². The highest BCUT2D eigenvalue weighted by atomic mass is 35.5. The highest BCUT2D eigenvalue weighted by Gasteiger charge is 2.54. The summed E-state index contributed by atoms with van der Waals surface area (Å²) >= 11 is 22.8. The monoisotopic (exact) mass is 1590 g/mol. The van der Waals surface area contributed by atoms with Gasteiger partial charge in [0, 0.05) is 37.4 Å². The number of rotatable bonds is 18. The van der Waals surface area contributed by atoms with Gasteiger partial charge in [-0.25, -0.2) is 8.78 Å². The third-order valence-electron chi connectivity index (χ3n) is 21.0. The summed E-state index contributed by atoms with van der Waals surface area (Å²) in [6.45, 7) is 10.0. The molecule has 3 aromatic carbocycles. The number of carbonyl (C=O) groups is 3. The van der Waals surface area contributed by atoms with Gasteiger partial charge in [-0.15, -0.1) is 70.1 Å². The first kappa shape index (κ1) is 83.8. The van der Waals surface area contributed by atoms with Crippen molar-refractivity contribution in [1.82, 2.24) is 31.9 Å². The number of fused-ring (bicyclic) bond motifs is 3. The fourth-order valence-electron chi connectivity index (χ4n) is 15.1. The van der Waals surface area contributed by atoms with Crippen LogP contribution in [0.4, 0.5) is 8.78 Å². The summed E-state index contributed by atoms with van der Waals surface area (Å²) in [5, 5.41) is 110. The van der Waals surface area contributed by atoms with Gasteiger partial charge in [0.15, 0.2) is 0 Å². The van der Waals surface area contributed by atoms with Crippen LogP contribution >= 0.6 is 70.1 Å². The van der Waals surface area contributed by atoms with Gasteiger partial charge in [0.1, 0.15) is 119 Å². The molecule has 0 aromatic heterocycles. The summed E-state index contributed by atoms with van der Waals surface area (Å²) in [5.74, 6) is -1.59. The van der Waals surface area contributed by atoms with Gasteiger partial charge in [0.2, 0.25) is 17.7 Å². The number of nitrogens with one attached hydrogen (secondary N) is 6. The van der Waals surface area contributed by atoms with Crippen LogP contribution < -0.4 is 31.9 Å². The van der Waals surface area contributed by atoms with E-state index >= 15 is 0 Å². The number of hydrogen-bond donors (Lipinski definition) is 15. The molecule has 6 fully saturated rings. The lowest BCUT2D eigenvalue weighted by atomic mass is 9.90. The Balaban J connectivity index is 0.000000169. The molecule has 582 valence electrons. The molecule has 15 N–H and O–H groups in total. The molecule has 9 aliphatic heterocycles. The number of ether oxygens (including phenoxy) is 6. The molecule has 9 heterocycles. The van der Waals surface area contributed by atoms with Crippen molar-refractivity contribution in [3.8, 4) is 0 Å². The minimum Gasteiger partial charge on any atom is -0.388 e. The Morgan fingerprint density at radius 2 is 0.800 bits per heavy atom. The molecule has 3 aromatic rings. The summed E-state index contributed by atoms with van der Waals surface area (Å²) < 4.78 is 62.4. The van der Waals surface area contributed by atoms with Crippen LogP contribution in [0, 0.1) is 36.3 Å². The van der Waals surface area contributed by atoms with Crippen LogP contribution in [0.3, 0.4) is 0 Å². The molecule has 0 bridgehead atoms. The molecule has 30 atom stereocenters. The maximum Gasteiger partial charge on any atom is 0.240 e. The van der Waals surface area contributed by atoms with Gasteiger partial charge < -0.3 is 106 Å². The molecule has 6 unspecified atom stereocenters. The SMILES string of the molecule is CSC1O[C@H]([C@H](NC(=O)[C@H]2NC[C@@H]3C=C(c4ccc(C)cc4)CCO[C@@H]23)[C@H](C)Cl)C(O)[C@@H](O)[C@H]1O.CSC1O[C@H]([C@H](NC(=O)[C@H]2NC[C@@H]3C=C(c4ccc(F)cc4)CCO[C@@H]23)[C@H](C)Cl)C(O)[C@@H](O)[C@H]1O.CSC1O[C@H]([C@H](NC(=O)[C@H]2NC[C@@H]3CC(c4ccc(F)cc4)=CCO[C@H]32)[C@H](C)Cl)C(O)[C@@H](O)[C@H]1O. The molecular weight excluding hydrogens is 1490 g/mol. The minimum absolute atomic E-state index is 0.0331. The standard InChI is InChI=1S/C25H35ClN2O6S.2C24H32ClFN2O6S/c1-12-4-6-14(7-5-12)15-8-9-33-22-16(10-15)11-27-18(22)24(32)28-17(13(2)26)23-20(30)19(29)21(31)25(34-23)35-3;2*1-11(25)16(22-19(30)18(29)20(31)24(34-22)35-2)28-23(32)17-21-14(10-27-17)9-13(7-8-33-21)12-3-5-15(26)6-4-12/h4-7,10,13,16-23,25,27,29-31H,8-9,11H2,1-3H3,(H,28,32);3-6,9,11,14,16-22,24,27,29-31H,7-8,10H2,1-2H3,(H,28,32);3-7,11,14,16-22,24,27,29-31H,8-10H2,1-2H3,(H,28,32)/t13-,16-,17+,18-,19+,20?,21+,22+,23+,25?;2*11-,14-,16+,17-,18+,19?,20+,21+,22+,24?/m000/s1. The van der Waals surface area contributed by atoms with Gasteiger partial charge >= 0.3 is 0 Å². The average molecular weight is 1590 g/mol. The zero-order valence-corrected chi connectivity index (χ0v) is 63.9. The fourth-order valence-corrected chi connectivity index (χ4v) is 17.8. The van der Waals surface area contributed by atoms with Crippen molar-refractivity contribution in [3.63, 3.8) is 0 Å². The number of allylic oxidation sites excluding steroid dienone is 1. The van der Waals surface area contributed by atoms with E-state index in [0.29, 0.717) is 52.3 Å². The van der Waals surface area contributed by atoms with Gasteiger partial charge in [-0.2, -0.15) is 0 Å². The van der Waals surface area contributed by atoms with Crippen LogP contribution in [-0.2, 0) is 42.8 Å². The number of aryl methyl sites for hydroxylation is 1. The number of alkyl halides is 3. The molecule has 3 amide bonds. The maximum absolute atomic E-state index is 13.4. The minimum atomic E-state index is -1.43. The Bertz CT molecular complexity index is 3310. The second-order valence-electron chi connectivity index (χ2n) is 28.1. The summed E-state index contributed by atoms with van der Waals surface area (Å²) in [4.78, 5) is 40.0. The molecule has 0 spiro atoms. The highest BCUT2D eigenvalue weighted by Crippen LogP contribution is 2.39. The normalized spacial score (nSPS) is 37.1. The number of carbonyl (C=O) groups excluding carboxylic acids is 3. The van der Waals surface area contributed by atoms with Crippen molar-refractivity contribution in [3.05, 3.63) is 125 Å². The van der Waals surface area contributed by atoms with Gasteiger partial charge in [0.25, 0.3) is 0 Å². The summed E-state index contributed by atoms with van der Waals surface area (Å²) in [6.07, 6.45) is -2.97. The quantitative estimate of drug-likeness (QED) is 0.0814. The first-order valence-electron chi connectivity index (χ1n) is 35.4. The number of aliphatic hydroxyl groups is 9. The van der Waals surface area contributed by atoms with E-state index in [1.807, 2.05) is 6.08 Å². The molecule has 32 heteroatoms. The predicted molar refractivity (Wildman–Crippen MR) is 399 cm³/mol. The zero-order chi connectivity index (χ0) is 75.8. The van der Waals surface area contributed by atoms with Gasteiger partial charge in [0.05, 0.1) is 72.4 Å². The van der Waals surface area contributed by atoms with Crippen molar-refractivity contribution in [2.75, 3.05) is 58.2 Å². The van der Waals surface area contributed by atoms with Crippen LogP contribution in [0.2, 0.25) is 0 Å².